The minimum Gasteiger partial charge on any atom is -0.396 e. The third-order valence-electron chi connectivity index (χ3n) is 4.22. The second kappa shape index (κ2) is 8.35. The zero-order chi connectivity index (χ0) is 17.9. The first-order valence-electron chi connectivity index (χ1n) is 8.53. The summed E-state index contributed by atoms with van der Waals surface area (Å²) in [4.78, 5) is 0. The van der Waals surface area contributed by atoms with Crippen molar-refractivity contribution in [3.63, 3.8) is 0 Å². The third-order valence-corrected chi connectivity index (χ3v) is 5.26. The molecule has 5 atom stereocenters. The second-order valence-electron chi connectivity index (χ2n) is 6.70. The van der Waals surface area contributed by atoms with Gasteiger partial charge in [0, 0.05) is 11.5 Å². The van der Waals surface area contributed by atoms with Crippen LogP contribution in [0.3, 0.4) is 0 Å². The van der Waals surface area contributed by atoms with Crippen LogP contribution in [-0.4, -0.2) is 64.8 Å². The molecule has 1 aromatic rings. The minimum absolute atomic E-state index is 0.0858. The van der Waals surface area contributed by atoms with Crippen molar-refractivity contribution in [2.24, 2.45) is 0 Å². The highest BCUT2D eigenvalue weighted by Crippen LogP contribution is 2.40. The van der Waals surface area contributed by atoms with E-state index in [2.05, 4.69) is 0 Å². The zero-order valence-electron chi connectivity index (χ0n) is 14.5. The van der Waals surface area contributed by atoms with Gasteiger partial charge < -0.3 is 29.2 Å². The summed E-state index contributed by atoms with van der Waals surface area (Å²) in [6, 6.07) is 9.86. The Balaban J connectivity index is 1.66. The van der Waals surface area contributed by atoms with Crippen LogP contribution in [-0.2, 0) is 25.6 Å². The number of rotatable bonds is 8. The van der Waals surface area contributed by atoms with E-state index in [4.69, 9.17) is 24.1 Å². The Labute approximate surface area is 152 Å². The lowest BCUT2D eigenvalue weighted by atomic mass is 10.1. The Morgan fingerprint density at radius 2 is 2.00 bits per heavy atom. The number of benzene rings is 1. The lowest BCUT2D eigenvalue weighted by Gasteiger charge is -2.28. The molecule has 1 aromatic carbocycles. The molecule has 2 fully saturated rings. The van der Waals surface area contributed by atoms with Crippen LogP contribution in [0, 0.1) is 0 Å². The average molecular weight is 370 g/mol. The molecule has 25 heavy (non-hydrogen) atoms. The van der Waals surface area contributed by atoms with E-state index in [9.17, 15) is 5.11 Å². The van der Waals surface area contributed by atoms with E-state index in [1.165, 1.54) is 11.8 Å². The molecule has 6 nitrogen and oxygen atoms in total. The van der Waals surface area contributed by atoms with Gasteiger partial charge >= 0.3 is 0 Å². The number of aliphatic hydroxyl groups excluding tert-OH is 2. The molecule has 0 saturated carbocycles. The molecule has 2 heterocycles. The highest BCUT2D eigenvalue weighted by atomic mass is 32.2. The van der Waals surface area contributed by atoms with Gasteiger partial charge in [-0.15, -0.1) is 0 Å². The molecule has 2 aliphatic rings. The van der Waals surface area contributed by atoms with Crippen LogP contribution in [0.15, 0.2) is 30.3 Å². The van der Waals surface area contributed by atoms with Crippen molar-refractivity contribution in [3.05, 3.63) is 35.9 Å². The quantitative estimate of drug-likeness (QED) is 0.672. The van der Waals surface area contributed by atoms with Gasteiger partial charge in [0.15, 0.2) is 12.1 Å². The van der Waals surface area contributed by atoms with E-state index >= 15 is 0 Å². The van der Waals surface area contributed by atoms with Gasteiger partial charge in [-0.3, -0.25) is 0 Å². The van der Waals surface area contributed by atoms with E-state index < -0.39 is 30.4 Å². The summed E-state index contributed by atoms with van der Waals surface area (Å²) < 4.78 is 23.7. The van der Waals surface area contributed by atoms with E-state index in [0.29, 0.717) is 18.1 Å². The number of ether oxygens (including phenoxy) is 4. The van der Waals surface area contributed by atoms with E-state index in [1.54, 1.807) is 0 Å². The molecule has 0 unspecified atom stereocenters. The largest absolute Gasteiger partial charge is 0.396 e. The fraction of sp³-hybridized carbons (Fsp3) is 0.667. The van der Waals surface area contributed by atoms with Crippen LogP contribution < -0.4 is 0 Å². The Morgan fingerprint density at radius 1 is 1.24 bits per heavy atom. The summed E-state index contributed by atoms with van der Waals surface area (Å²) in [7, 11) is 0. The molecule has 140 valence electrons. The smallest absolute Gasteiger partial charge is 0.190 e. The van der Waals surface area contributed by atoms with Gasteiger partial charge in [-0.05, 0) is 19.4 Å². The Kier molecular flexibility index (Phi) is 6.38. The molecule has 2 aliphatic heterocycles. The Bertz CT molecular complexity index is 540. The van der Waals surface area contributed by atoms with Crippen LogP contribution >= 0.6 is 11.8 Å². The topological polar surface area (TPSA) is 77.4 Å². The van der Waals surface area contributed by atoms with Crippen LogP contribution in [0.25, 0.3) is 0 Å². The van der Waals surface area contributed by atoms with Crippen LogP contribution in [0.4, 0.5) is 0 Å². The SMILES string of the molecule is CC1(C)O[C@H]2O[C@H]([C@@H](O)CSCCO)[C@H](OCc3ccccc3)[C@H]2O1. The molecular weight excluding hydrogens is 344 g/mol. The molecule has 7 heteroatoms. The number of thioether (sulfide) groups is 1. The first kappa shape index (κ1) is 19.1. The monoisotopic (exact) mass is 370 g/mol. The predicted molar refractivity (Wildman–Crippen MR) is 94.1 cm³/mol. The fourth-order valence-electron chi connectivity index (χ4n) is 3.13. The van der Waals surface area contributed by atoms with Crippen LogP contribution in [0.1, 0.15) is 19.4 Å². The van der Waals surface area contributed by atoms with Crippen LogP contribution in [0.2, 0.25) is 0 Å². The van der Waals surface area contributed by atoms with Gasteiger partial charge in [-0.2, -0.15) is 11.8 Å². The maximum absolute atomic E-state index is 10.5. The van der Waals surface area contributed by atoms with Gasteiger partial charge in [0.25, 0.3) is 0 Å². The highest BCUT2D eigenvalue weighted by Gasteiger charge is 2.56. The summed E-state index contributed by atoms with van der Waals surface area (Å²) in [5, 5.41) is 19.4. The van der Waals surface area contributed by atoms with Crippen molar-refractivity contribution >= 4 is 11.8 Å². The van der Waals surface area contributed by atoms with Gasteiger partial charge in [-0.25, -0.2) is 0 Å². The fourth-order valence-corrected chi connectivity index (χ4v) is 3.86. The molecule has 0 aromatic heterocycles. The van der Waals surface area contributed by atoms with Crippen LogP contribution in [0.5, 0.6) is 0 Å². The van der Waals surface area contributed by atoms with Crippen molar-refractivity contribution < 1.29 is 29.2 Å². The first-order valence-corrected chi connectivity index (χ1v) is 9.69. The molecule has 3 rings (SSSR count). The van der Waals surface area contributed by atoms with E-state index in [1.807, 2.05) is 44.2 Å². The standard InChI is InChI=1S/C18H26O6S/c1-18(2)23-16-15(21-10-12-6-4-3-5-7-12)14(22-17(16)24-18)13(20)11-25-9-8-19/h3-7,13-17,19-20H,8-11H2,1-2H3/t13-,14+,15-,16+,17+/m0/s1. The molecule has 0 radical (unpaired) electrons. The Morgan fingerprint density at radius 3 is 2.72 bits per heavy atom. The summed E-state index contributed by atoms with van der Waals surface area (Å²) in [5.41, 5.74) is 1.05. The summed E-state index contributed by atoms with van der Waals surface area (Å²) in [5.74, 6) is 0.302. The summed E-state index contributed by atoms with van der Waals surface area (Å²) >= 11 is 1.48. The number of aliphatic hydroxyl groups is 2. The van der Waals surface area contributed by atoms with Crippen molar-refractivity contribution in [1.82, 2.24) is 0 Å². The maximum atomic E-state index is 10.5. The van der Waals surface area contributed by atoms with Gasteiger partial charge in [0.05, 0.1) is 19.3 Å². The van der Waals surface area contributed by atoms with E-state index in [0.717, 1.165) is 5.56 Å². The van der Waals surface area contributed by atoms with Crippen molar-refractivity contribution in [2.45, 2.75) is 56.9 Å². The normalized spacial score (nSPS) is 31.8. The molecule has 0 spiro atoms. The molecule has 0 bridgehead atoms. The molecule has 0 aliphatic carbocycles. The molecule has 2 saturated heterocycles. The summed E-state index contributed by atoms with van der Waals surface area (Å²) in [6.07, 6.45) is -2.59. The first-order chi connectivity index (χ1) is 12.0. The van der Waals surface area contributed by atoms with Gasteiger partial charge in [-0.1, -0.05) is 30.3 Å². The molecular formula is C18H26O6S. The number of hydrogen-bond donors (Lipinski definition) is 2. The third kappa shape index (κ3) is 4.74. The number of fused-ring (bicyclic) bond motifs is 1. The van der Waals surface area contributed by atoms with Gasteiger partial charge in [0.2, 0.25) is 0 Å². The minimum atomic E-state index is -0.731. The van der Waals surface area contributed by atoms with Crippen molar-refractivity contribution in [1.29, 1.82) is 0 Å². The number of hydrogen-bond acceptors (Lipinski definition) is 7. The zero-order valence-corrected chi connectivity index (χ0v) is 15.4. The highest BCUT2D eigenvalue weighted by molar-refractivity contribution is 7.99. The lowest BCUT2D eigenvalue weighted by Crippen LogP contribution is -2.43. The maximum Gasteiger partial charge on any atom is 0.190 e. The lowest BCUT2D eigenvalue weighted by molar-refractivity contribution is -0.228. The molecule has 0 amide bonds. The predicted octanol–water partition coefficient (Wildman–Crippen LogP) is 1.53. The molecule has 2 N–H and O–H groups in total. The summed E-state index contributed by atoms with van der Waals surface area (Å²) in [6.45, 7) is 4.17. The second-order valence-corrected chi connectivity index (χ2v) is 7.85. The van der Waals surface area contributed by atoms with Gasteiger partial charge in [0.1, 0.15) is 18.3 Å². The average Bonchev–Trinajstić information content (AvgIpc) is 3.06. The Hall–Kier alpha value is -0.670. The van der Waals surface area contributed by atoms with E-state index in [-0.39, 0.29) is 12.7 Å². The van der Waals surface area contributed by atoms with Crippen molar-refractivity contribution in [2.75, 3.05) is 18.1 Å². The van der Waals surface area contributed by atoms with Crippen molar-refractivity contribution in [3.8, 4) is 0 Å².